The number of methoxy groups -OCH3 is 1. The van der Waals surface area contributed by atoms with E-state index in [1.807, 2.05) is 6.92 Å². The van der Waals surface area contributed by atoms with Crippen molar-refractivity contribution in [2.75, 3.05) is 19.0 Å². The number of benzene rings is 1. The van der Waals surface area contributed by atoms with Crippen molar-refractivity contribution < 1.29 is 14.2 Å². The molecule has 0 aromatic heterocycles. The quantitative estimate of drug-likeness (QED) is 0.811. The molecule has 1 rings (SSSR count). The lowest BCUT2D eigenvalue weighted by atomic mass is 10.0. The monoisotopic (exact) mass is 227 g/mol. The Kier molecular flexibility index (Phi) is 4.12. The molecule has 4 heteroatoms. The van der Waals surface area contributed by atoms with E-state index in [1.54, 1.807) is 19.1 Å². The van der Waals surface area contributed by atoms with Crippen molar-refractivity contribution in [3.63, 3.8) is 0 Å². The summed E-state index contributed by atoms with van der Waals surface area (Å²) >= 11 is 0. The Morgan fingerprint density at radius 1 is 1.50 bits per heavy atom. The van der Waals surface area contributed by atoms with Crippen molar-refractivity contribution in [3.8, 4) is 5.75 Å². The molecular weight excluding hydrogens is 209 g/mol. The van der Waals surface area contributed by atoms with Gasteiger partial charge in [-0.15, -0.1) is 0 Å². The first-order valence-corrected chi connectivity index (χ1v) is 5.28. The molecule has 2 N–H and O–H groups in total. The zero-order chi connectivity index (χ0) is 12.2. The van der Waals surface area contributed by atoms with Crippen molar-refractivity contribution >= 4 is 5.69 Å². The number of hydrogen-bond acceptors (Lipinski definition) is 3. The molecule has 0 radical (unpaired) electrons. The van der Waals surface area contributed by atoms with Crippen LogP contribution in [-0.2, 0) is 0 Å². The average Bonchev–Trinajstić information content (AvgIpc) is 2.27. The van der Waals surface area contributed by atoms with Gasteiger partial charge in [-0.1, -0.05) is 6.92 Å². The van der Waals surface area contributed by atoms with Crippen LogP contribution in [0.5, 0.6) is 5.75 Å². The first-order chi connectivity index (χ1) is 7.48. The maximum Gasteiger partial charge on any atom is 0.167 e. The van der Waals surface area contributed by atoms with Gasteiger partial charge in [0.2, 0.25) is 0 Å². The van der Waals surface area contributed by atoms with Gasteiger partial charge in [-0.25, -0.2) is 4.39 Å². The summed E-state index contributed by atoms with van der Waals surface area (Å²) in [7, 11) is 1.42. The fraction of sp³-hybridized carbons (Fsp3) is 0.500. The predicted molar refractivity (Wildman–Crippen MR) is 62.4 cm³/mol. The molecule has 0 spiro atoms. The van der Waals surface area contributed by atoms with Crippen LogP contribution in [0.25, 0.3) is 0 Å². The molecule has 0 fully saturated rings. The normalized spacial score (nSPS) is 14.3. The van der Waals surface area contributed by atoms with E-state index >= 15 is 0 Å². The zero-order valence-electron chi connectivity index (χ0n) is 9.88. The number of aliphatic hydroxyl groups is 1. The van der Waals surface area contributed by atoms with Crippen LogP contribution in [0.4, 0.5) is 10.1 Å². The van der Waals surface area contributed by atoms with Crippen LogP contribution < -0.4 is 10.1 Å². The fourth-order valence-electron chi connectivity index (χ4n) is 1.19. The first-order valence-electron chi connectivity index (χ1n) is 5.28. The van der Waals surface area contributed by atoms with Crippen LogP contribution in [0.1, 0.15) is 20.3 Å². The van der Waals surface area contributed by atoms with E-state index in [0.29, 0.717) is 18.7 Å². The Balaban J connectivity index is 2.65. The summed E-state index contributed by atoms with van der Waals surface area (Å²) < 4.78 is 18.1. The summed E-state index contributed by atoms with van der Waals surface area (Å²) in [6.45, 7) is 4.02. The largest absolute Gasteiger partial charge is 0.494 e. The second-order valence-electron chi connectivity index (χ2n) is 4.05. The van der Waals surface area contributed by atoms with Gasteiger partial charge in [0, 0.05) is 18.3 Å². The number of ether oxygens (including phenoxy) is 1. The highest BCUT2D eigenvalue weighted by Crippen LogP contribution is 2.21. The van der Waals surface area contributed by atoms with E-state index in [-0.39, 0.29) is 5.75 Å². The molecule has 90 valence electrons. The minimum atomic E-state index is -0.781. The first kappa shape index (κ1) is 12.8. The molecule has 1 aromatic rings. The predicted octanol–water partition coefficient (Wildman–Crippen LogP) is 2.41. The van der Waals surface area contributed by atoms with E-state index < -0.39 is 11.4 Å². The second kappa shape index (κ2) is 5.16. The van der Waals surface area contributed by atoms with E-state index in [4.69, 9.17) is 4.74 Å². The van der Waals surface area contributed by atoms with Gasteiger partial charge in [-0.2, -0.15) is 0 Å². The standard InChI is InChI=1S/C12H18FNO2/c1-4-12(2,15)8-14-9-5-6-11(16-3)10(13)7-9/h5-7,14-15H,4,8H2,1-3H3. The van der Waals surface area contributed by atoms with E-state index in [1.165, 1.54) is 13.2 Å². The van der Waals surface area contributed by atoms with Crippen LogP contribution in [0.3, 0.4) is 0 Å². The van der Waals surface area contributed by atoms with Crippen LogP contribution >= 0.6 is 0 Å². The van der Waals surface area contributed by atoms with Crippen LogP contribution in [0, 0.1) is 5.82 Å². The number of hydrogen-bond donors (Lipinski definition) is 2. The molecule has 0 bridgehead atoms. The lowest BCUT2D eigenvalue weighted by Gasteiger charge is -2.22. The summed E-state index contributed by atoms with van der Waals surface area (Å²) in [5.41, 5.74) is -0.150. The summed E-state index contributed by atoms with van der Waals surface area (Å²) in [5, 5.41) is 12.8. The zero-order valence-corrected chi connectivity index (χ0v) is 9.88. The summed E-state index contributed by atoms with van der Waals surface area (Å²) in [6, 6.07) is 4.62. The number of nitrogens with one attached hydrogen (secondary N) is 1. The van der Waals surface area contributed by atoms with Crippen molar-refractivity contribution in [1.82, 2.24) is 0 Å². The molecule has 16 heavy (non-hydrogen) atoms. The highest BCUT2D eigenvalue weighted by molar-refractivity contribution is 5.47. The van der Waals surface area contributed by atoms with E-state index in [2.05, 4.69) is 5.32 Å². The number of anilines is 1. The maximum atomic E-state index is 13.3. The van der Waals surface area contributed by atoms with Gasteiger partial charge in [-0.05, 0) is 25.5 Å². The molecule has 0 aliphatic carbocycles. The highest BCUT2D eigenvalue weighted by atomic mass is 19.1. The fourth-order valence-corrected chi connectivity index (χ4v) is 1.19. The maximum absolute atomic E-state index is 13.3. The molecular formula is C12H18FNO2. The summed E-state index contributed by atoms with van der Waals surface area (Å²) in [4.78, 5) is 0. The van der Waals surface area contributed by atoms with Gasteiger partial charge < -0.3 is 15.2 Å². The van der Waals surface area contributed by atoms with E-state index in [9.17, 15) is 9.50 Å². The molecule has 0 saturated carbocycles. The van der Waals surface area contributed by atoms with Crippen molar-refractivity contribution in [3.05, 3.63) is 24.0 Å². The van der Waals surface area contributed by atoms with Crippen LogP contribution in [0.15, 0.2) is 18.2 Å². The Bertz CT molecular complexity index is 353. The Labute approximate surface area is 95.2 Å². The van der Waals surface area contributed by atoms with Gasteiger partial charge in [0.25, 0.3) is 0 Å². The van der Waals surface area contributed by atoms with Gasteiger partial charge in [0.1, 0.15) is 0 Å². The lowest BCUT2D eigenvalue weighted by molar-refractivity contribution is 0.0697. The molecule has 1 unspecified atom stereocenters. The third-order valence-corrected chi connectivity index (χ3v) is 2.59. The lowest BCUT2D eigenvalue weighted by Crippen LogP contribution is -2.32. The van der Waals surface area contributed by atoms with Gasteiger partial charge in [-0.3, -0.25) is 0 Å². The molecule has 0 aliphatic rings. The average molecular weight is 227 g/mol. The topological polar surface area (TPSA) is 41.5 Å². The highest BCUT2D eigenvalue weighted by Gasteiger charge is 2.16. The molecule has 0 amide bonds. The Hall–Kier alpha value is -1.29. The third kappa shape index (κ3) is 3.38. The van der Waals surface area contributed by atoms with Gasteiger partial charge in [0.05, 0.1) is 12.7 Å². The minimum absolute atomic E-state index is 0.216. The Morgan fingerprint density at radius 3 is 2.69 bits per heavy atom. The van der Waals surface area contributed by atoms with Crippen LogP contribution in [-0.4, -0.2) is 24.4 Å². The molecule has 0 saturated heterocycles. The van der Waals surface area contributed by atoms with Gasteiger partial charge in [0.15, 0.2) is 11.6 Å². The molecule has 1 aromatic carbocycles. The minimum Gasteiger partial charge on any atom is -0.494 e. The van der Waals surface area contributed by atoms with Crippen molar-refractivity contribution in [1.29, 1.82) is 0 Å². The SMILES string of the molecule is CCC(C)(O)CNc1ccc(OC)c(F)c1. The summed E-state index contributed by atoms with van der Waals surface area (Å²) in [6.07, 6.45) is 0.638. The molecule has 0 heterocycles. The number of halogens is 1. The second-order valence-corrected chi connectivity index (χ2v) is 4.05. The van der Waals surface area contributed by atoms with Crippen LogP contribution in [0.2, 0.25) is 0 Å². The van der Waals surface area contributed by atoms with Crippen molar-refractivity contribution in [2.24, 2.45) is 0 Å². The Morgan fingerprint density at radius 2 is 2.19 bits per heavy atom. The molecule has 0 aliphatic heterocycles. The molecule has 1 atom stereocenters. The van der Waals surface area contributed by atoms with Crippen molar-refractivity contribution in [2.45, 2.75) is 25.9 Å². The molecule has 3 nitrogen and oxygen atoms in total. The smallest absolute Gasteiger partial charge is 0.167 e. The summed E-state index contributed by atoms with van der Waals surface area (Å²) in [5.74, 6) is -0.198. The van der Waals surface area contributed by atoms with Gasteiger partial charge >= 0.3 is 0 Å². The third-order valence-electron chi connectivity index (χ3n) is 2.59. The van der Waals surface area contributed by atoms with E-state index in [0.717, 1.165) is 0 Å². The number of rotatable bonds is 5.